The van der Waals surface area contributed by atoms with Crippen LogP contribution in [0.4, 0.5) is 10.1 Å². The van der Waals surface area contributed by atoms with Crippen LogP contribution >= 0.6 is 0 Å². The zero-order valence-corrected chi connectivity index (χ0v) is 7.37. The maximum Gasteiger partial charge on any atom is 0.306 e. The fourth-order valence-corrected chi connectivity index (χ4v) is 0.918. The molecule has 0 saturated carbocycles. The first-order valence-corrected chi connectivity index (χ1v) is 4.00. The van der Waals surface area contributed by atoms with Crippen molar-refractivity contribution in [3.63, 3.8) is 0 Å². The van der Waals surface area contributed by atoms with Crippen LogP contribution in [-0.2, 0) is 4.79 Å². The maximum atomic E-state index is 13.0. The number of hydrogen-bond donors (Lipinski definition) is 2. The van der Waals surface area contributed by atoms with Crippen LogP contribution in [0.3, 0.4) is 0 Å². The molecule has 0 atom stereocenters. The molecular formula is C9H10FNO3. The van der Waals surface area contributed by atoms with Crippen molar-refractivity contribution in [2.75, 3.05) is 12.3 Å². The number of hydrogen-bond acceptors (Lipinski definition) is 3. The van der Waals surface area contributed by atoms with E-state index < -0.39 is 11.8 Å². The Labute approximate surface area is 80.1 Å². The molecule has 0 radical (unpaired) electrons. The summed E-state index contributed by atoms with van der Waals surface area (Å²) in [6.45, 7) is -0.0968. The fraction of sp³-hybridized carbons (Fsp3) is 0.222. The van der Waals surface area contributed by atoms with E-state index in [1.165, 1.54) is 18.2 Å². The molecule has 0 heterocycles. The zero-order chi connectivity index (χ0) is 10.6. The lowest BCUT2D eigenvalue weighted by molar-refractivity contribution is -0.137. The highest BCUT2D eigenvalue weighted by Crippen LogP contribution is 2.24. The second kappa shape index (κ2) is 4.45. The molecule has 0 bridgehead atoms. The molecule has 3 N–H and O–H groups in total. The van der Waals surface area contributed by atoms with Gasteiger partial charge in [-0.15, -0.1) is 0 Å². The van der Waals surface area contributed by atoms with E-state index >= 15 is 0 Å². The number of benzene rings is 1. The van der Waals surface area contributed by atoms with E-state index in [9.17, 15) is 9.18 Å². The predicted molar refractivity (Wildman–Crippen MR) is 48.6 cm³/mol. The number of carboxylic acids is 1. The summed E-state index contributed by atoms with van der Waals surface area (Å²) in [6, 6.07) is 4.14. The molecule has 0 aliphatic heterocycles. The van der Waals surface area contributed by atoms with Gasteiger partial charge in [-0.25, -0.2) is 4.39 Å². The Morgan fingerprint density at radius 3 is 2.86 bits per heavy atom. The number of carbonyl (C=O) groups is 1. The lowest BCUT2D eigenvalue weighted by Gasteiger charge is -2.07. The largest absolute Gasteiger partial charge is 0.488 e. The minimum atomic E-state index is -1.00. The molecular weight excluding hydrogens is 189 g/mol. The van der Waals surface area contributed by atoms with Gasteiger partial charge in [-0.3, -0.25) is 4.79 Å². The number of nitrogens with two attached hydrogens (primary N) is 1. The molecule has 0 spiro atoms. The lowest BCUT2D eigenvalue weighted by atomic mass is 10.3. The molecule has 1 aromatic rings. The van der Waals surface area contributed by atoms with Gasteiger partial charge in [0.05, 0.1) is 18.7 Å². The third-order valence-electron chi connectivity index (χ3n) is 1.56. The number of ether oxygens (including phenoxy) is 1. The number of carboxylic acid groups (broad SMARTS) is 1. The molecule has 0 aliphatic rings. The second-order valence-corrected chi connectivity index (χ2v) is 2.65. The highest BCUT2D eigenvalue weighted by atomic mass is 19.1. The van der Waals surface area contributed by atoms with Gasteiger partial charge in [0.1, 0.15) is 0 Å². The number of anilines is 1. The van der Waals surface area contributed by atoms with Crippen molar-refractivity contribution in [2.24, 2.45) is 0 Å². The molecule has 1 rings (SSSR count). The van der Waals surface area contributed by atoms with Gasteiger partial charge in [-0.1, -0.05) is 6.07 Å². The highest BCUT2D eigenvalue weighted by Gasteiger charge is 2.07. The first-order valence-electron chi connectivity index (χ1n) is 4.00. The summed E-state index contributed by atoms with van der Waals surface area (Å²) >= 11 is 0. The highest BCUT2D eigenvalue weighted by molar-refractivity contribution is 5.66. The normalized spacial score (nSPS) is 9.79. The van der Waals surface area contributed by atoms with E-state index in [4.69, 9.17) is 15.6 Å². The molecule has 0 amide bonds. The maximum absolute atomic E-state index is 13.0. The number of nitrogen functional groups attached to an aromatic ring is 1. The summed E-state index contributed by atoms with van der Waals surface area (Å²) in [5.41, 5.74) is 5.59. The molecule has 1 aromatic carbocycles. The first kappa shape index (κ1) is 10.3. The topological polar surface area (TPSA) is 72.5 Å². The minimum Gasteiger partial charge on any atom is -0.488 e. The smallest absolute Gasteiger partial charge is 0.306 e. The van der Waals surface area contributed by atoms with Crippen LogP contribution in [0, 0.1) is 5.82 Å². The van der Waals surface area contributed by atoms with E-state index in [-0.39, 0.29) is 24.5 Å². The standard InChI is InChI=1S/C9H10FNO3/c10-6-2-1-3-7(11)9(6)14-5-4-8(12)13/h1-3H,4-5,11H2,(H,12,13). The number of halogens is 1. The van der Waals surface area contributed by atoms with Crippen LogP contribution in [0.25, 0.3) is 0 Å². The Bertz CT molecular complexity index is 321. The van der Waals surface area contributed by atoms with Crippen molar-refractivity contribution in [1.29, 1.82) is 0 Å². The van der Waals surface area contributed by atoms with Gasteiger partial charge in [-0.2, -0.15) is 0 Å². The molecule has 4 nitrogen and oxygen atoms in total. The van der Waals surface area contributed by atoms with E-state index in [0.717, 1.165) is 0 Å². The molecule has 5 heteroatoms. The van der Waals surface area contributed by atoms with Gasteiger partial charge in [-0.05, 0) is 12.1 Å². The monoisotopic (exact) mass is 199 g/mol. The van der Waals surface area contributed by atoms with Gasteiger partial charge in [0.2, 0.25) is 0 Å². The second-order valence-electron chi connectivity index (χ2n) is 2.65. The van der Waals surface area contributed by atoms with Gasteiger partial charge in [0, 0.05) is 0 Å². The SMILES string of the molecule is Nc1cccc(F)c1OCCC(=O)O. The Hall–Kier alpha value is -1.78. The van der Waals surface area contributed by atoms with Crippen molar-refractivity contribution in [2.45, 2.75) is 6.42 Å². The summed E-state index contributed by atoms with van der Waals surface area (Å²) in [7, 11) is 0. The van der Waals surface area contributed by atoms with Crippen molar-refractivity contribution >= 4 is 11.7 Å². The molecule has 0 fully saturated rings. The quantitative estimate of drug-likeness (QED) is 0.716. The van der Waals surface area contributed by atoms with Crippen LogP contribution in [0.15, 0.2) is 18.2 Å². The van der Waals surface area contributed by atoms with Crippen LogP contribution < -0.4 is 10.5 Å². The van der Waals surface area contributed by atoms with Crippen molar-refractivity contribution in [1.82, 2.24) is 0 Å². The van der Waals surface area contributed by atoms with E-state index in [1.807, 2.05) is 0 Å². The van der Waals surface area contributed by atoms with E-state index in [1.54, 1.807) is 0 Å². The first-order chi connectivity index (χ1) is 6.61. The van der Waals surface area contributed by atoms with Crippen molar-refractivity contribution < 1.29 is 19.0 Å². The van der Waals surface area contributed by atoms with Crippen LogP contribution in [0.2, 0.25) is 0 Å². The summed E-state index contributed by atoms with van der Waals surface area (Å²) in [4.78, 5) is 10.2. The summed E-state index contributed by atoms with van der Waals surface area (Å²) in [5, 5.41) is 8.33. The predicted octanol–water partition coefficient (Wildman–Crippen LogP) is 1.26. The van der Waals surface area contributed by atoms with Crippen LogP contribution in [0.5, 0.6) is 5.75 Å². The fourth-order valence-electron chi connectivity index (χ4n) is 0.918. The van der Waals surface area contributed by atoms with E-state index in [2.05, 4.69) is 0 Å². The molecule has 76 valence electrons. The minimum absolute atomic E-state index is 0.0891. The number of para-hydroxylation sites is 1. The number of rotatable bonds is 4. The zero-order valence-electron chi connectivity index (χ0n) is 7.37. The molecule has 14 heavy (non-hydrogen) atoms. The molecule has 0 aliphatic carbocycles. The van der Waals surface area contributed by atoms with Crippen molar-refractivity contribution in [3.05, 3.63) is 24.0 Å². The van der Waals surface area contributed by atoms with Crippen LogP contribution in [-0.4, -0.2) is 17.7 Å². The van der Waals surface area contributed by atoms with Crippen molar-refractivity contribution in [3.8, 4) is 5.75 Å². The van der Waals surface area contributed by atoms with Crippen LogP contribution in [0.1, 0.15) is 6.42 Å². The van der Waals surface area contributed by atoms with E-state index in [0.29, 0.717) is 0 Å². The number of aliphatic carboxylic acids is 1. The third-order valence-corrected chi connectivity index (χ3v) is 1.56. The Balaban J connectivity index is 2.62. The Kier molecular flexibility index (Phi) is 3.28. The molecule has 0 unspecified atom stereocenters. The average Bonchev–Trinajstić information content (AvgIpc) is 2.09. The summed E-state index contributed by atoms with van der Waals surface area (Å²) in [6.07, 6.45) is -0.187. The summed E-state index contributed by atoms with van der Waals surface area (Å²) < 4.78 is 17.9. The van der Waals surface area contributed by atoms with Gasteiger partial charge in [0.25, 0.3) is 0 Å². The van der Waals surface area contributed by atoms with Gasteiger partial charge < -0.3 is 15.6 Å². The average molecular weight is 199 g/mol. The Morgan fingerprint density at radius 2 is 2.29 bits per heavy atom. The third kappa shape index (κ3) is 2.62. The Morgan fingerprint density at radius 1 is 1.57 bits per heavy atom. The van der Waals surface area contributed by atoms with Gasteiger partial charge in [0.15, 0.2) is 11.6 Å². The van der Waals surface area contributed by atoms with Gasteiger partial charge >= 0.3 is 5.97 Å². The lowest BCUT2D eigenvalue weighted by Crippen LogP contribution is -2.07. The summed E-state index contributed by atoms with van der Waals surface area (Å²) in [5.74, 6) is -1.68. The molecule has 0 saturated heterocycles. The molecule has 0 aromatic heterocycles.